The molecule has 1 aromatic heterocycles. The molecular weight excluding hydrogens is 407 g/mol. The molecule has 2 aromatic carbocycles. The standard InChI is InChI=1S/C21H23FN4O3S/c22-15-7-1-4-11-19(15)30(28,29)26-14-6-10-18(26)21(27)23-13-5-12-20-24-16-8-2-3-9-17(16)25-20/h1-4,7-9,11,18H,5-6,10,12-14H2,(H,23,27)(H,24,25)/t18-/m0/s1. The smallest absolute Gasteiger partial charge is 0.246 e. The third kappa shape index (κ3) is 4.08. The number of nitrogens with zero attached hydrogens (tertiary/aromatic N) is 2. The van der Waals surface area contributed by atoms with E-state index in [1.165, 1.54) is 18.2 Å². The van der Waals surface area contributed by atoms with Gasteiger partial charge in [0.2, 0.25) is 15.9 Å². The zero-order valence-electron chi connectivity index (χ0n) is 16.3. The molecule has 9 heteroatoms. The Kier molecular flexibility index (Phi) is 5.83. The summed E-state index contributed by atoms with van der Waals surface area (Å²) in [6, 6.07) is 12.2. The summed E-state index contributed by atoms with van der Waals surface area (Å²) in [6.07, 6.45) is 2.31. The van der Waals surface area contributed by atoms with Crippen LogP contribution >= 0.6 is 0 Å². The number of H-pyrrole nitrogens is 1. The number of rotatable bonds is 7. The van der Waals surface area contributed by atoms with E-state index >= 15 is 0 Å². The van der Waals surface area contributed by atoms with Gasteiger partial charge in [-0.1, -0.05) is 24.3 Å². The molecule has 0 unspecified atom stereocenters. The number of halogens is 1. The second kappa shape index (κ2) is 8.53. The molecule has 0 radical (unpaired) electrons. The summed E-state index contributed by atoms with van der Waals surface area (Å²) >= 11 is 0. The Balaban J connectivity index is 1.35. The minimum Gasteiger partial charge on any atom is -0.355 e. The number of para-hydroxylation sites is 2. The highest BCUT2D eigenvalue weighted by Gasteiger charge is 2.40. The predicted octanol–water partition coefficient (Wildman–Crippen LogP) is 2.60. The van der Waals surface area contributed by atoms with Gasteiger partial charge in [0.25, 0.3) is 0 Å². The summed E-state index contributed by atoms with van der Waals surface area (Å²) < 4.78 is 40.9. The number of nitrogens with one attached hydrogen (secondary N) is 2. The van der Waals surface area contributed by atoms with Crippen LogP contribution in [-0.4, -0.2) is 47.7 Å². The quantitative estimate of drug-likeness (QED) is 0.564. The number of sulfonamides is 1. The minimum atomic E-state index is -4.07. The number of carbonyl (C=O) groups is 1. The lowest BCUT2D eigenvalue weighted by Gasteiger charge is -2.23. The molecule has 1 saturated heterocycles. The molecule has 7 nitrogen and oxygen atoms in total. The molecule has 0 spiro atoms. The lowest BCUT2D eigenvalue weighted by molar-refractivity contribution is -0.124. The Morgan fingerprint density at radius 3 is 2.77 bits per heavy atom. The van der Waals surface area contributed by atoms with Crippen LogP contribution in [0.3, 0.4) is 0 Å². The number of hydrogen-bond donors (Lipinski definition) is 2. The number of aryl methyl sites for hydroxylation is 1. The average molecular weight is 431 g/mol. The average Bonchev–Trinajstić information content (AvgIpc) is 3.38. The van der Waals surface area contributed by atoms with E-state index in [4.69, 9.17) is 0 Å². The van der Waals surface area contributed by atoms with E-state index in [2.05, 4.69) is 15.3 Å². The van der Waals surface area contributed by atoms with Crippen molar-refractivity contribution in [2.24, 2.45) is 0 Å². The van der Waals surface area contributed by atoms with E-state index < -0.39 is 26.8 Å². The molecule has 158 valence electrons. The molecule has 0 bridgehead atoms. The van der Waals surface area contributed by atoms with E-state index in [-0.39, 0.29) is 12.5 Å². The van der Waals surface area contributed by atoms with Crippen molar-refractivity contribution in [3.63, 3.8) is 0 Å². The SMILES string of the molecule is O=C(NCCCc1nc2ccccc2[nH]1)[C@@H]1CCCN1S(=O)(=O)c1ccccc1F. The number of aromatic nitrogens is 2. The normalized spacial score (nSPS) is 17.4. The Morgan fingerprint density at radius 1 is 1.20 bits per heavy atom. The van der Waals surface area contributed by atoms with Gasteiger partial charge in [0.15, 0.2) is 0 Å². The molecule has 0 saturated carbocycles. The highest BCUT2D eigenvalue weighted by Crippen LogP contribution is 2.27. The predicted molar refractivity (Wildman–Crippen MR) is 111 cm³/mol. The molecule has 2 N–H and O–H groups in total. The Bertz CT molecular complexity index is 1130. The van der Waals surface area contributed by atoms with Gasteiger partial charge in [0.1, 0.15) is 22.6 Å². The molecule has 1 aliphatic rings. The monoisotopic (exact) mass is 430 g/mol. The fourth-order valence-corrected chi connectivity index (χ4v) is 5.50. The van der Waals surface area contributed by atoms with E-state index in [1.54, 1.807) is 0 Å². The van der Waals surface area contributed by atoms with Crippen LogP contribution in [0.1, 0.15) is 25.1 Å². The van der Waals surface area contributed by atoms with Crippen LogP contribution in [0.2, 0.25) is 0 Å². The Labute approximate surface area is 174 Å². The lowest BCUT2D eigenvalue weighted by Crippen LogP contribution is -2.46. The molecule has 3 aromatic rings. The Morgan fingerprint density at radius 2 is 1.97 bits per heavy atom. The molecule has 30 heavy (non-hydrogen) atoms. The maximum absolute atomic E-state index is 14.0. The summed E-state index contributed by atoms with van der Waals surface area (Å²) in [5.41, 5.74) is 1.87. The number of amides is 1. The van der Waals surface area contributed by atoms with Crippen molar-refractivity contribution in [3.8, 4) is 0 Å². The fourth-order valence-electron chi connectivity index (χ4n) is 3.78. The van der Waals surface area contributed by atoms with Crippen molar-refractivity contribution < 1.29 is 17.6 Å². The molecule has 2 heterocycles. The number of fused-ring (bicyclic) bond motifs is 1. The molecule has 1 fully saturated rings. The Hall–Kier alpha value is -2.78. The van der Waals surface area contributed by atoms with Gasteiger partial charge in [0, 0.05) is 19.5 Å². The fraction of sp³-hybridized carbons (Fsp3) is 0.333. The van der Waals surface area contributed by atoms with Crippen LogP contribution in [0.15, 0.2) is 53.4 Å². The first-order chi connectivity index (χ1) is 14.5. The van der Waals surface area contributed by atoms with Gasteiger partial charge in [-0.15, -0.1) is 0 Å². The largest absolute Gasteiger partial charge is 0.355 e. The molecule has 1 aliphatic heterocycles. The van der Waals surface area contributed by atoms with Crippen molar-refractivity contribution in [1.29, 1.82) is 0 Å². The van der Waals surface area contributed by atoms with Gasteiger partial charge in [-0.25, -0.2) is 17.8 Å². The van der Waals surface area contributed by atoms with Crippen molar-refractivity contribution in [2.45, 2.75) is 36.6 Å². The number of benzene rings is 2. The van der Waals surface area contributed by atoms with E-state index in [9.17, 15) is 17.6 Å². The van der Waals surface area contributed by atoms with Crippen LogP contribution in [-0.2, 0) is 21.2 Å². The summed E-state index contributed by atoms with van der Waals surface area (Å²) in [7, 11) is -4.07. The van der Waals surface area contributed by atoms with Gasteiger partial charge in [-0.3, -0.25) is 4.79 Å². The van der Waals surface area contributed by atoms with Crippen molar-refractivity contribution in [3.05, 3.63) is 60.2 Å². The first kappa shape index (κ1) is 20.5. The number of aromatic amines is 1. The van der Waals surface area contributed by atoms with Crippen molar-refractivity contribution >= 4 is 27.0 Å². The molecule has 4 rings (SSSR count). The van der Waals surface area contributed by atoms with Crippen LogP contribution in [0.4, 0.5) is 4.39 Å². The van der Waals surface area contributed by atoms with Crippen LogP contribution in [0.25, 0.3) is 11.0 Å². The first-order valence-electron chi connectivity index (χ1n) is 9.94. The van der Waals surface area contributed by atoms with Gasteiger partial charge in [0.05, 0.1) is 11.0 Å². The third-order valence-electron chi connectivity index (χ3n) is 5.26. The summed E-state index contributed by atoms with van der Waals surface area (Å²) in [5, 5.41) is 2.82. The van der Waals surface area contributed by atoms with Crippen LogP contribution in [0, 0.1) is 5.82 Å². The van der Waals surface area contributed by atoms with Gasteiger partial charge < -0.3 is 10.3 Å². The van der Waals surface area contributed by atoms with Crippen molar-refractivity contribution in [2.75, 3.05) is 13.1 Å². The topological polar surface area (TPSA) is 95.2 Å². The highest BCUT2D eigenvalue weighted by molar-refractivity contribution is 7.89. The van der Waals surface area contributed by atoms with E-state index in [0.717, 1.165) is 27.2 Å². The number of hydrogen-bond acceptors (Lipinski definition) is 4. The maximum Gasteiger partial charge on any atom is 0.246 e. The lowest BCUT2D eigenvalue weighted by atomic mass is 10.2. The van der Waals surface area contributed by atoms with Crippen LogP contribution in [0.5, 0.6) is 0 Å². The van der Waals surface area contributed by atoms with Gasteiger partial charge in [-0.05, 0) is 43.5 Å². The second-order valence-electron chi connectivity index (χ2n) is 7.30. The summed E-state index contributed by atoms with van der Waals surface area (Å²) in [5.74, 6) is -0.318. The van der Waals surface area contributed by atoms with E-state index in [0.29, 0.717) is 32.2 Å². The summed E-state index contributed by atoms with van der Waals surface area (Å²) in [6.45, 7) is 0.605. The van der Waals surface area contributed by atoms with Crippen LogP contribution < -0.4 is 5.32 Å². The zero-order chi connectivity index (χ0) is 21.1. The third-order valence-corrected chi connectivity index (χ3v) is 7.20. The molecular formula is C21H23FN4O3S. The highest BCUT2D eigenvalue weighted by atomic mass is 32.2. The molecule has 1 amide bonds. The number of imidazole rings is 1. The first-order valence-corrected chi connectivity index (χ1v) is 11.4. The number of carbonyl (C=O) groups excluding carboxylic acids is 1. The minimum absolute atomic E-state index is 0.202. The maximum atomic E-state index is 14.0. The molecule has 1 atom stereocenters. The second-order valence-corrected chi connectivity index (χ2v) is 9.16. The van der Waals surface area contributed by atoms with E-state index in [1.807, 2.05) is 24.3 Å². The summed E-state index contributed by atoms with van der Waals surface area (Å²) in [4.78, 5) is 20.0. The van der Waals surface area contributed by atoms with Gasteiger partial charge >= 0.3 is 0 Å². The molecule has 0 aliphatic carbocycles. The van der Waals surface area contributed by atoms with Gasteiger partial charge in [-0.2, -0.15) is 4.31 Å². The van der Waals surface area contributed by atoms with Crippen molar-refractivity contribution in [1.82, 2.24) is 19.6 Å². The zero-order valence-corrected chi connectivity index (χ0v) is 17.2.